The molecular formula is C12H17N5O3S. The molecule has 0 unspecified atom stereocenters. The molecule has 1 heterocycles. The first-order chi connectivity index (χ1) is 9.90. The Balaban J connectivity index is 2.18. The summed E-state index contributed by atoms with van der Waals surface area (Å²) in [6.07, 6.45) is 1.65. The van der Waals surface area contributed by atoms with Gasteiger partial charge in [-0.05, 0) is 35.0 Å². The predicted molar refractivity (Wildman–Crippen MR) is 78.5 cm³/mol. The number of anilines is 1. The standard InChI is InChI=1S/C12H17N5O3S/c1-20-11-5-4-9(8-10(11)13)12-14-15-16-17(12)6-3-7-21(2,18)19/h4-5,8H,3,6-7,13H2,1-2H3. The lowest BCUT2D eigenvalue weighted by Crippen LogP contribution is -2.09. The Bertz CT molecular complexity index is 726. The van der Waals surface area contributed by atoms with Crippen molar-refractivity contribution < 1.29 is 13.2 Å². The lowest BCUT2D eigenvalue weighted by Gasteiger charge is -2.07. The van der Waals surface area contributed by atoms with Crippen molar-refractivity contribution in [3.63, 3.8) is 0 Å². The van der Waals surface area contributed by atoms with Gasteiger partial charge in [0, 0.05) is 18.4 Å². The number of aromatic nitrogens is 4. The van der Waals surface area contributed by atoms with Gasteiger partial charge in [0.2, 0.25) is 0 Å². The fourth-order valence-corrected chi connectivity index (χ4v) is 2.57. The highest BCUT2D eigenvalue weighted by Gasteiger charge is 2.11. The maximum atomic E-state index is 11.1. The Kier molecular flexibility index (Phi) is 4.41. The molecule has 0 aliphatic rings. The normalized spacial score (nSPS) is 11.5. The van der Waals surface area contributed by atoms with Crippen molar-refractivity contribution in [2.75, 3.05) is 24.9 Å². The molecule has 0 radical (unpaired) electrons. The van der Waals surface area contributed by atoms with Crippen LogP contribution in [0, 0.1) is 0 Å². The summed E-state index contributed by atoms with van der Waals surface area (Å²) in [6, 6.07) is 5.26. The monoisotopic (exact) mass is 311 g/mol. The SMILES string of the molecule is COc1ccc(-c2nnnn2CCCS(C)(=O)=O)cc1N. The van der Waals surface area contributed by atoms with E-state index in [2.05, 4.69) is 15.5 Å². The summed E-state index contributed by atoms with van der Waals surface area (Å²) in [7, 11) is -1.45. The van der Waals surface area contributed by atoms with Crippen LogP contribution in [0.5, 0.6) is 5.75 Å². The number of hydrogen-bond acceptors (Lipinski definition) is 7. The minimum absolute atomic E-state index is 0.0943. The van der Waals surface area contributed by atoms with Crippen LogP contribution in [-0.2, 0) is 16.4 Å². The predicted octanol–water partition coefficient (Wildman–Crippen LogP) is 0.366. The zero-order chi connectivity index (χ0) is 15.5. The van der Waals surface area contributed by atoms with E-state index < -0.39 is 9.84 Å². The first-order valence-corrected chi connectivity index (χ1v) is 8.34. The molecule has 0 amide bonds. The molecule has 0 saturated carbocycles. The fraction of sp³-hybridized carbons (Fsp3) is 0.417. The van der Waals surface area contributed by atoms with Crippen molar-refractivity contribution in [1.29, 1.82) is 0 Å². The lowest BCUT2D eigenvalue weighted by atomic mass is 10.2. The number of nitrogens with two attached hydrogens (primary N) is 1. The first kappa shape index (κ1) is 15.2. The van der Waals surface area contributed by atoms with Gasteiger partial charge >= 0.3 is 0 Å². The smallest absolute Gasteiger partial charge is 0.182 e. The molecule has 21 heavy (non-hydrogen) atoms. The van der Waals surface area contributed by atoms with Crippen LogP contribution in [-0.4, -0.2) is 47.7 Å². The lowest BCUT2D eigenvalue weighted by molar-refractivity contribution is 0.417. The first-order valence-electron chi connectivity index (χ1n) is 6.28. The Morgan fingerprint density at radius 1 is 1.38 bits per heavy atom. The van der Waals surface area contributed by atoms with Crippen molar-refractivity contribution >= 4 is 15.5 Å². The third-order valence-electron chi connectivity index (χ3n) is 2.90. The molecule has 9 heteroatoms. The van der Waals surface area contributed by atoms with Crippen LogP contribution < -0.4 is 10.5 Å². The summed E-state index contributed by atoms with van der Waals surface area (Å²) in [6.45, 7) is 0.418. The molecule has 0 fully saturated rings. The third-order valence-corrected chi connectivity index (χ3v) is 3.94. The summed E-state index contributed by atoms with van der Waals surface area (Å²) >= 11 is 0. The van der Waals surface area contributed by atoms with Crippen LogP contribution in [0.2, 0.25) is 0 Å². The van der Waals surface area contributed by atoms with E-state index in [9.17, 15) is 8.42 Å². The van der Waals surface area contributed by atoms with E-state index in [1.54, 1.807) is 30.0 Å². The molecule has 0 aliphatic heterocycles. The van der Waals surface area contributed by atoms with Crippen LogP contribution in [0.3, 0.4) is 0 Å². The molecule has 1 aromatic heterocycles. The number of sulfone groups is 1. The number of nitrogens with zero attached hydrogens (tertiary/aromatic N) is 4. The van der Waals surface area contributed by atoms with Crippen molar-refractivity contribution in [2.24, 2.45) is 0 Å². The minimum atomic E-state index is -2.99. The topological polar surface area (TPSA) is 113 Å². The van der Waals surface area contributed by atoms with Gasteiger partial charge in [-0.2, -0.15) is 0 Å². The average Bonchev–Trinajstić information content (AvgIpc) is 2.85. The molecule has 2 aromatic rings. The Hall–Kier alpha value is -2.16. The van der Waals surface area contributed by atoms with Gasteiger partial charge in [0.1, 0.15) is 15.6 Å². The number of ether oxygens (including phenoxy) is 1. The summed E-state index contributed by atoms with van der Waals surface area (Å²) < 4.78 is 28.9. The van der Waals surface area contributed by atoms with Crippen molar-refractivity contribution in [3.05, 3.63) is 18.2 Å². The van der Waals surface area contributed by atoms with E-state index in [0.29, 0.717) is 30.2 Å². The quantitative estimate of drug-likeness (QED) is 0.766. The maximum Gasteiger partial charge on any atom is 0.182 e. The molecule has 114 valence electrons. The molecule has 1 aromatic carbocycles. The van der Waals surface area contributed by atoms with Gasteiger partial charge in [0.15, 0.2) is 5.82 Å². The summed E-state index contributed by atoms with van der Waals surface area (Å²) in [5.41, 5.74) is 7.10. The molecule has 2 N–H and O–H groups in total. The van der Waals surface area contributed by atoms with Gasteiger partial charge in [-0.1, -0.05) is 0 Å². The Morgan fingerprint density at radius 2 is 2.14 bits per heavy atom. The van der Waals surface area contributed by atoms with E-state index in [1.165, 1.54) is 6.26 Å². The third kappa shape index (κ3) is 3.91. The number of benzene rings is 1. The maximum absolute atomic E-state index is 11.1. The van der Waals surface area contributed by atoms with Gasteiger partial charge in [0.25, 0.3) is 0 Å². The minimum Gasteiger partial charge on any atom is -0.495 e. The molecular weight excluding hydrogens is 294 g/mol. The molecule has 0 spiro atoms. The van der Waals surface area contributed by atoms with Crippen molar-refractivity contribution in [1.82, 2.24) is 20.2 Å². The van der Waals surface area contributed by atoms with Crippen LogP contribution in [0.25, 0.3) is 11.4 Å². The highest BCUT2D eigenvalue weighted by Crippen LogP contribution is 2.26. The number of aryl methyl sites for hydroxylation is 1. The van der Waals surface area contributed by atoms with Gasteiger partial charge in [-0.3, -0.25) is 0 Å². The van der Waals surface area contributed by atoms with E-state index in [1.807, 2.05) is 0 Å². The molecule has 0 atom stereocenters. The second-order valence-electron chi connectivity index (χ2n) is 4.67. The van der Waals surface area contributed by atoms with E-state index in [4.69, 9.17) is 10.5 Å². The molecule has 2 rings (SSSR count). The van der Waals surface area contributed by atoms with E-state index in [0.717, 1.165) is 5.56 Å². The Morgan fingerprint density at radius 3 is 2.76 bits per heavy atom. The number of hydrogen-bond donors (Lipinski definition) is 1. The highest BCUT2D eigenvalue weighted by molar-refractivity contribution is 7.90. The number of nitrogen functional groups attached to an aromatic ring is 1. The van der Waals surface area contributed by atoms with Crippen molar-refractivity contribution in [3.8, 4) is 17.1 Å². The zero-order valence-corrected chi connectivity index (χ0v) is 12.7. The van der Waals surface area contributed by atoms with Crippen LogP contribution in [0.1, 0.15) is 6.42 Å². The second-order valence-corrected chi connectivity index (χ2v) is 6.93. The largest absolute Gasteiger partial charge is 0.495 e. The second kappa shape index (κ2) is 6.08. The molecule has 0 saturated heterocycles. The van der Waals surface area contributed by atoms with Gasteiger partial charge in [0.05, 0.1) is 18.6 Å². The Labute approximate surface area is 122 Å². The summed E-state index contributed by atoms with van der Waals surface area (Å²) in [5, 5.41) is 11.5. The van der Waals surface area contributed by atoms with E-state index in [-0.39, 0.29) is 5.75 Å². The van der Waals surface area contributed by atoms with Gasteiger partial charge in [-0.15, -0.1) is 5.10 Å². The zero-order valence-electron chi connectivity index (χ0n) is 11.9. The van der Waals surface area contributed by atoms with Crippen LogP contribution in [0.4, 0.5) is 5.69 Å². The summed E-state index contributed by atoms with van der Waals surface area (Å²) in [5.74, 6) is 1.21. The fourth-order valence-electron chi connectivity index (χ4n) is 1.91. The summed E-state index contributed by atoms with van der Waals surface area (Å²) in [4.78, 5) is 0. The average molecular weight is 311 g/mol. The van der Waals surface area contributed by atoms with E-state index >= 15 is 0 Å². The van der Waals surface area contributed by atoms with Crippen LogP contribution in [0.15, 0.2) is 18.2 Å². The van der Waals surface area contributed by atoms with Gasteiger partial charge in [-0.25, -0.2) is 13.1 Å². The van der Waals surface area contributed by atoms with Crippen LogP contribution >= 0.6 is 0 Å². The number of tetrazole rings is 1. The number of rotatable bonds is 6. The highest BCUT2D eigenvalue weighted by atomic mass is 32.2. The molecule has 0 bridgehead atoms. The van der Waals surface area contributed by atoms with Gasteiger partial charge < -0.3 is 10.5 Å². The molecule has 8 nitrogen and oxygen atoms in total. The molecule has 0 aliphatic carbocycles. The van der Waals surface area contributed by atoms with Crippen molar-refractivity contribution in [2.45, 2.75) is 13.0 Å². The number of methoxy groups -OCH3 is 1.